The molecule has 2 bridgehead atoms. The minimum atomic E-state index is -1.29. The molecule has 3 aliphatic rings. The molecule has 4 heterocycles. The largest absolute Gasteiger partial charge is 0.506 e. The monoisotopic (exact) mass is 732 g/mol. The van der Waals surface area contributed by atoms with Gasteiger partial charge in [0.05, 0.1) is 23.8 Å². The van der Waals surface area contributed by atoms with Crippen LogP contribution in [-0.4, -0.2) is 70.6 Å². The Bertz CT molecular complexity index is 1920. The number of benzene rings is 3. The second-order valence-corrected chi connectivity index (χ2v) is 14.5. The highest BCUT2D eigenvalue weighted by Crippen LogP contribution is 2.48. The number of ether oxygens (including phenoxy) is 1. The van der Waals surface area contributed by atoms with Crippen LogP contribution < -0.4 is 20.9 Å². The van der Waals surface area contributed by atoms with Crippen LogP contribution in [0.3, 0.4) is 0 Å². The number of unbranched alkanes of at least 4 members (excludes halogenated alkanes) is 6. The van der Waals surface area contributed by atoms with Crippen LogP contribution in [0.1, 0.15) is 80.6 Å². The Kier molecular flexibility index (Phi) is 12.6. The molecule has 3 saturated heterocycles. The first-order valence-electron chi connectivity index (χ1n) is 18.8. The number of piperidine rings is 3. The van der Waals surface area contributed by atoms with E-state index in [9.17, 15) is 33.7 Å². The fourth-order valence-electron chi connectivity index (χ4n) is 8.35. The molecule has 0 saturated carbocycles. The Labute approximate surface area is 308 Å². The number of halogens is 2. The highest BCUT2D eigenvalue weighted by atomic mass is 19.2. The van der Waals surface area contributed by atoms with Gasteiger partial charge in [0.25, 0.3) is 0 Å². The number of fused-ring (bicyclic) bond motifs is 4. The van der Waals surface area contributed by atoms with Gasteiger partial charge in [-0.1, -0.05) is 56.4 Å². The average molecular weight is 733 g/mol. The first-order valence-corrected chi connectivity index (χ1v) is 18.8. The number of phenolic OH excluding ortho intramolecular Hbond substituents is 1. The summed E-state index contributed by atoms with van der Waals surface area (Å²) in [5, 5.41) is 37.6. The van der Waals surface area contributed by atoms with Crippen LogP contribution in [0.2, 0.25) is 0 Å². The summed E-state index contributed by atoms with van der Waals surface area (Å²) in [6.45, 7) is 4.19. The molecular formula is C41H50F2N4O6. The van der Waals surface area contributed by atoms with Gasteiger partial charge in [0.1, 0.15) is 11.5 Å². The first kappa shape index (κ1) is 38.2. The first-order chi connectivity index (χ1) is 25.7. The van der Waals surface area contributed by atoms with Crippen molar-refractivity contribution in [2.24, 2.45) is 11.8 Å². The lowest BCUT2D eigenvalue weighted by molar-refractivity contribution is 0.00706. The molecule has 53 heavy (non-hydrogen) atoms. The predicted molar refractivity (Wildman–Crippen MR) is 199 cm³/mol. The molecule has 12 heteroatoms. The number of aliphatic hydroxyl groups excluding tert-OH is 1. The molecule has 3 aliphatic heterocycles. The van der Waals surface area contributed by atoms with E-state index in [0.29, 0.717) is 53.0 Å². The molecule has 0 radical (unpaired) electrons. The zero-order valence-electron chi connectivity index (χ0n) is 30.0. The molecule has 4 aromatic rings. The Balaban J connectivity index is 0.949. The fraction of sp³-hybridized carbons (Fsp3) is 0.463. The molecule has 3 unspecified atom stereocenters. The highest BCUT2D eigenvalue weighted by Gasteiger charge is 2.51. The summed E-state index contributed by atoms with van der Waals surface area (Å²) >= 11 is 0. The second-order valence-electron chi connectivity index (χ2n) is 14.5. The standard InChI is InChI=1S/C41H50F2N4O6/c42-34-14-11-29(24-35(34)43)41(46-40(51)52,33-26-47-20-17-27(33)18-21-47)28-9-8-10-30(23-28)53-22-7-5-3-1-2-4-6-19-44-25-37(49)31-12-15-36(48)39-32(31)13-16-38(50)45-39/h8-16,23-24,27,33,37,44,46,48-49H,1-7,17-22,25-26H2,(H,45,50)(H,51,52). The molecule has 0 spiro atoms. The molecule has 3 aromatic carbocycles. The van der Waals surface area contributed by atoms with Gasteiger partial charge in [-0.25, -0.2) is 13.6 Å². The van der Waals surface area contributed by atoms with Crippen molar-refractivity contribution < 1.29 is 33.6 Å². The van der Waals surface area contributed by atoms with Crippen molar-refractivity contribution in [3.05, 3.63) is 105 Å². The van der Waals surface area contributed by atoms with Crippen LogP contribution >= 0.6 is 0 Å². The number of hydrogen-bond donors (Lipinski definition) is 6. The molecule has 3 atom stereocenters. The van der Waals surface area contributed by atoms with Gasteiger partial charge in [0, 0.05) is 30.5 Å². The smallest absolute Gasteiger partial charge is 0.405 e. The number of aromatic hydroxyl groups is 1. The summed E-state index contributed by atoms with van der Waals surface area (Å²) in [5.41, 5.74) is 0.398. The Morgan fingerprint density at radius 2 is 1.66 bits per heavy atom. The number of pyridine rings is 1. The average Bonchev–Trinajstić information content (AvgIpc) is 3.16. The molecule has 1 amide bonds. The maximum absolute atomic E-state index is 14.7. The number of H-pyrrole nitrogens is 1. The quantitative estimate of drug-likeness (QED) is 0.0613. The third kappa shape index (κ3) is 9.00. The number of carbonyl (C=O) groups is 1. The summed E-state index contributed by atoms with van der Waals surface area (Å²) in [6, 6.07) is 17.2. The number of phenols is 1. The van der Waals surface area contributed by atoms with Crippen LogP contribution in [0.4, 0.5) is 13.6 Å². The molecule has 3 fully saturated rings. The van der Waals surface area contributed by atoms with Gasteiger partial charge in [-0.3, -0.25) is 4.79 Å². The maximum atomic E-state index is 14.7. The van der Waals surface area contributed by atoms with Crippen molar-refractivity contribution in [1.82, 2.24) is 20.5 Å². The molecule has 7 rings (SSSR count). The number of amides is 1. The van der Waals surface area contributed by atoms with Crippen molar-refractivity contribution in [3.8, 4) is 11.5 Å². The third-order valence-corrected chi connectivity index (χ3v) is 11.1. The van der Waals surface area contributed by atoms with Gasteiger partial charge in [-0.15, -0.1) is 0 Å². The normalized spacial score (nSPS) is 19.9. The van der Waals surface area contributed by atoms with Crippen LogP contribution in [0.25, 0.3) is 10.9 Å². The molecule has 10 nitrogen and oxygen atoms in total. The Morgan fingerprint density at radius 3 is 2.38 bits per heavy atom. The lowest BCUT2D eigenvalue weighted by Crippen LogP contribution is -2.61. The topological polar surface area (TPSA) is 147 Å². The minimum absolute atomic E-state index is 0.0310. The lowest BCUT2D eigenvalue weighted by atomic mass is 9.63. The van der Waals surface area contributed by atoms with E-state index in [1.807, 2.05) is 24.3 Å². The van der Waals surface area contributed by atoms with Gasteiger partial charge in [0.2, 0.25) is 5.56 Å². The number of carboxylic acid groups (broad SMARTS) is 1. The molecule has 284 valence electrons. The second kappa shape index (κ2) is 17.5. The van der Waals surface area contributed by atoms with E-state index in [0.717, 1.165) is 89.6 Å². The number of rotatable bonds is 18. The summed E-state index contributed by atoms with van der Waals surface area (Å²) in [4.78, 5) is 29.0. The van der Waals surface area contributed by atoms with Crippen LogP contribution in [0, 0.1) is 23.5 Å². The highest BCUT2D eigenvalue weighted by molar-refractivity contribution is 5.87. The number of hydrogen-bond acceptors (Lipinski definition) is 7. The van der Waals surface area contributed by atoms with Gasteiger partial charge >= 0.3 is 6.09 Å². The molecule has 6 N–H and O–H groups in total. The van der Waals surface area contributed by atoms with Gasteiger partial charge < -0.3 is 40.6 Å². The van der Waals surface area contributed by atoms with E-state index in [1.54, 1.807) is 12.1 Å². The van der Waals surface area contributed by atoms with Crippen molar-refractivity contribution in [3.63, 3.8) is 0 Å². The number of aromatic amines is 1. The van der Waals surface area contributed by atoms with Crippen molar-refractivity contribution in [2.75, 3.05) is 39.3 Å². The summed E-state index contributed by atoms with van der Waals surface area (Å²) in [7, 11) is 0. The van der Waals surface area contributed by atoms with E-state index in [-0.39, 0.29) is 23.1 Å². The van der Waals surface area contributed by atoms with Crippen LogP contribution in [0.15, 0.2) is 71.5 Å². The van der Waals surface area contributed by atoms with Crippen molar-refractivity contribution in [1.29, 1.82) is 0 Å². The number of aliphatic hydroxyl groups is 1. The van der Waals surface area contributed by atoms with Gasteiger partial charge in [-0.2, -0.15) is 0 Å². The van der Waals surface area contributed by atoms with Crippen molar-refractivity contribution in [2.45, 2.75) is 69.4 Å². The van der Waals surface area contributed by atoms with Crippen LogP contribution in [0.5, 0.6) is 11.5 Å². The SMILES string of the molecule is O=C(O)NC(c1cccc(OCCCCCCCCCNCC(O)c2ccc(O)c3[nH]c(=O)ccc23)c1)(c1ccc(F)c(F)c1)C1CN2CCC1CC2. The van der Waals surface area contributed by atoms with Crippen LogP contribution in [-0.2, 0) is 5.54 Å². The van der Waals surface area contributed by atoms with E-state index in [1.165, 1.54) is 18.2 Å². The zero-order chi connectivity index (χ0) is 37.4. The van der Waals surface area contributed by atoms with E-state index >= 15 is 0 Å². The number of nitrogens with one attached hydrogen (secondary N) is 3. The van der Waals surface area contributed by atoms with E-state index in [2.05, 4.69) is 20.5 Å². The summed E-state index contributed by atoms with van der Waals surface area (Å²) < 4.78 is 35.0. The number of nitrogens with zero attached hydrogens (tertiary/aromatic N) is 1. The maximum Gasteiger partial charge on any atom is 0.405 e. The molecule has 0 aliphatic carbocycles. The van der Waals surface area contributed by atoms with Crippen molar-refractivity contribution >= 4 is 17.0 Å². The molecular weight excluding hydrogens is 682 g/mol. The summed E-state index contributed by atoms with van der Waals surface area (Å²) in [5.74, 6) is -1.37. The Hall–Kier alpha value is -4.52. The fourth-order valence-corrected chi connectivity index (χ4v) is 8.35. The predicted octanol–water partition coefficient (Wildman–Crippen LogP) is 6.80. The van der Waals surface area contributed by atoms with E-state index < -0.39 is 29.4 Å². The summed E-state index contributed by atoms with van der Waals surface area (Å²) in [6.07, 6.45) is 7.04. The van der Waals surface area contributed by atoms with E-state index in [4.69, 9.17) is 4.74 Å². The van der Waals surface area contributed by atoms with Gasteiger partial charge in [0.15, 0.2) is 11.6 Å². The zero-order valence-corrected chi connectivity index (χ0v) is 30.0. The minimum Gasteiger partial charge on any atom is -0.506 e. The number of aromatic nitrogens is 1. The molecule has 1 aromatic heterocycles. The van der Waals surface area contributed by atoms with Gasteiger partial charge in [-0.05, 0) is 104 Å². The lowest BCUT2D eigenvalue weighted by Gasteiger charge is -2.53. The Morgan fingerprint density at radius 1 is 0.925 bits per heavy atom. The third-order valence-electron chi connectivity index (χ3n) is 11.1.